The second-order valence-corrected chi connectivity index (χ2v) is 5.88. The first-order chi connectivity index (χ1) is 7.50. The Kier molecular flexibility index (Phi) is 5.05. The molecule has 90 valence electrons. The molecule has 16 heavy (non-hydrogen) atoms. The Morgan fingerprint density at radius 3 is 2.62 bits per heavy atom. The quantitative estimate of drug-likeness (QED) is 0.810. The van der Waals surface area contributed by atoms with Crippen molar-refractivity contribution < 1.29 is 5.11 Å². The smallest absolute Gasteiger partial charge is 0.0501 e. The maximum Gasteiger partial charge on any atom is 0.0501 e. The number of anilines is 1. The molecule has 1 unspecified atom stereocenters. The second kappa shape index (κ2) is 5.87. The van der Waals surface area contributed by atoms with Gasteiger partial charge in [0.15, 0.2) is 0 Å². The van der Waals surface area contributed by atoms with Gasteiger partial charge in [0, 0.05) is 21.2 Å². The topological polar surface area (TPSA) is 32.3 Å². The summed E-state index contributed by atoms with van der Waals surface area (Å²) in [5.41, 5.74) is 2.38. The van der Waals surface area contributed by atoms with Gasteiger partial charge in [-0.25, -0.2) is 0 Å². The van der Waals surface area contributed by atoms with Crippen LogP contribution >= 0.6 is 22.6 Å². The van der Waals surface area contributed by atoms with Gasteiger partial charge < -0.3 is 10.4 Å². The van der Waals surface area contributed by atoms with Crippen LogP contribution in [0.2, 0.25) is 0 Å². The van der Waals surface area contributed by atoms with Crippen LogP contribution in [0, 0.1) is 15.9 Å². The molecule has 0 saturated carbocycles. The summed E-state index contributed by atoms with van der Waals surface area (Å²) in [6.07, 6.45) is 0.972. The molecule has 0 aliphatic heterocycles. The number of benzene rings is 1. The second-order valence-electron chi connectivity index (χ2n) is 4.64. The van der Waals surface area contributed by atoms with E-state index in [4.69, 9.17) is 0 Å². The highest BCUT2D eigenvalue weighted by Crippen LogP contribution is 2.23. The third kappa shape index (κ3) is 3.63. The summed E-state index contributed by atoms with van der Waals surface area (Å²) in [4.78, 5) is 0. The van der Waals surface area contributed by atoms with E-state index in [1.165, 1.54) is 9.13 Å². The molecule has 0 saturated heterocycles. The summed E-state index contributed by atoms with van der Waals surface area (Å²) in [7, 11) is 0. The van der Waals surface area contributed by atoms with Crippen LogP contribution in [0.5, 0.6) is 0 Å². The molecule has 0 radical (unpaired) electrons. The molecular weight excluding hydrogens is 313 g/mol. The number of aliphatic hydroxyl groups excluding tert-OH is 1. The minimum absolute atomic E-state index is 0.0323. The Morgan fingerprint density at radius 1 is 1.44 bits per heavy atom. The Morgan fingerprint density at radius 2 is 2.12 bits per heavy atom. The van der Waals surface area contributed by atoms with Crippen LogP contribution in [-0.2, 0) is 0 Å². The standard InChI is InChI=1S/C13H20INO/c1-4-13(3,9-16)8-15-12-6-5-11(14)7-10(12)2/h5-7,15-16H,4,8-9H2,1-3H3. The highest BCUT2D eigenvalue weighted by molar-refractivity contribution is 14.1. The van der Waals surface area contributed by atoms with E-state index in [1.807, 2.05) is 0 Å². The fraction of sp³-hybridized carbons (Fsp3) is 0.538. The molecule has 0 aliphatic rings. The van der Waals surface area contributed by atoms with Crippen molar-refractivity contribution in [2.24, 2.45) is 5.41 Å². The number of aliphatic hydroxyl groups is 1. The maximum absolute atomic E-state index is 9.34. The molecule has 3 heteroatoms. The number of aryl methyl sites for hydroxylation is 1. The van der Waals surface area contributed by atoms with Crippen molar-refractivity contribution in [3.63, 3.8) is 0 Å². The van der Waals surface area contributed by atoms with Crippen molar-refractivity contribution in [2.75, 3.05) is 18.5 Å². The van der Waals surface area contributed by atoms with E-state index in [2.05, 4.69) is 66.9 Å². The van der Waals surface area contributed by atoms with Crippen LogP contribution < -0.4 is 5.32 Å². The van der Waals surface area contributed by atoms with Crippen LogP contribution in [0.1, 0.15) is 25.8 Å². The molecule has 0 amide bonds. The number of rotatable bonds is 5. The van der Waals surface area contributed by atoms with Crippen molar-refractivity contribution in [1.29, 1.82) is 0 Å². The average molecular weight is 333 g/mol. The van der Waals surface area contributed by atoms with Gasteiger partial charge in [0.2, 0.25) is 0 Å². The molecule has 0 fully saturated rings. The van der Waals surface area contributed by atoms with Crippen LogP contribution in [0.3, 0.4) is 0 Å². The number of hydrogen-bond acceptors (Lipinski definition) is 2. The minimum Gasteiger partial charge on any atom is -0.396 e. The van der Waals surface area contributed by atoms with Crippen molar-refractivity contribution in [3.8, 4) is 0 Å². The summed E-state index contributed by atoms with van der Waals surface area (Å²) in [5.74, 6) is 0. The van der Waals surface area contributed by atoms with Gasteiger partial charge >= 0.3 is 0 Å². The first-order valence-electron chi connectivity index (χ1n) is 5.61. The van der Waals surface area contributed by atoms with Crippen LogP contribution in [0.4, 0.5) is 5.69 Å². The van der Waals surface area contributed by atoms with Crippen molar-refractivity contribution in [3.05, 3.63) is 27.3 Å². The molecule has 0 heterocycles. The zero-order valence-electron chi connectivity index (χ0n) is 10.2. The molecular formula is C13H20INO. The first-order valence-corrected chi connectivity index (χ1v) is 6.69. The molecule has 0 bridgehead atoms. The lowest BCUT2D eigenvalue weighted by molar-refractivity contribution is 0.149. The lowest BCUT2D eigenvalue weighted by atomic mass is 9.88. The van der Waals surface area contributed by atoms with Gasteiger partial charge in [0.05, 0.1) is 6.61 Å². The Labute approximate surface area is 112 Å². The van der Waals surface area contributed by atoms with E-state index in [0.29, 0.717) is 0 Å². The number of hydrogen-bond donors (Lipinski definition) is 2. The molecule has 1 atom stereocenters. The van der Waals surface area contributed by atoms with Crippen molar-refractivity contribution in [2.45, 2.75) is 27.2 Å². The maximum atomic E-state index is 9.34. The zero-order valence-corrected chi connectivity index (χ0v) is 12.3. The predicted octanol–water partition coefficient (Wildman–Crippen LogP) is 3.42. The number of nitrogens with one attached hydrogen (secondary N) is 1. The summed E-state index contributed by atoms with van der Waals surface area (Å²) < 4.78 is 1.25. The SMILES string of the molecule is CCC(C)(CO)CNc1ccc(I)cc1C. The molecule has 1 aromatic carbocycles. The molecule has 1 rings (SSSR count). The molecule has 0 spiro atoms. The molecule has 2 nitrogen and oxygen atoms in total. The van der Waals surface area contributed by atoms with Gasteiger partial charge in [-0.2, -0.15) is 0 Å². The van der Waals surface area contributed by atoms with Crippen molar-refractivity contribution >= 4 is 28.3 Å². The van der Waals surface area contributed by atoms with Gasteiger partial charge in [-0.1, -0.05) is 13.8 Å². The molecule has 0 aromatic heterocycles. The van der Waals surface area contributed by atoms with E-state index < -0.39 is 0 Å². The molecule has 2 N–H and O–H groups in total. The fourth-order valence-electron chi connectivity index (χ4n) is 1.43. The summed E-state index contributed by atoms with van der Waals surface area (Å²) in [6, 6.07) is 6.35. The lowest BCUT2D eigenvalue weighted by Crippen LogP contribution is -2.29. The first kappa shape index (κ1) is 13.8. The fourth-order valence-corrected chi connectivity index (χ4v) is 2.07. The zero-order chi connectivity index (χ0) is 12.2. The Bertz CT molecular complexity index is 348. The largest absolute Gasteiger partial charge is 0.396 e. The molecule has 0 aliphatic carbocycles. The Balaban J connectivity index is 2.67. The van der Waals surface area contributed by atoms with E-state index in [0.717, 1.165) is 18.7 Å². The van der Waals surface area contributed by atoms with Crippen LogP contribution in [0.15, 0.2) is 18.2 Å². The third-order valence-electron chi connectivity index (χ3n) is 3.13. The van der Waals surface area contributed by atoms with E-state index in [1.54, 1.807) is 0 Å². The summed E-state index contributed by atoms with van der Waals surface area (Å²) >= 11 is 2.31. The van der Waals surface area contributed by atoms with Gasteiger partial charge in [-0.3, -0.25) is 0 Å². The van der Waals surface area contributed by atoms with E-state index in [9.17, 15) is 5.11 Å². The van der Waals surface area contributed by atoms with Crippen LogP contribution in [0.25, 0.3) is 0 Å². The van der Waals surface area contributed by atoms with E-state index in [-0.39, 0.29) is 12.0 Å². The normalized spacial score (nSPS) is 14.6. The van der Waals surface area contributed by atoms with E-state index >= 15 is 0 Å². The number of halogens is 1. The van der Waals surface area contributed by atoms with Gasteiger partial charge in [0.1, 0.15) is 0 Å². The Hall–Kier alpha value is -0.290. The van der Waals surface area contributed by atoms with Crippen LogP contribution in [-0.4, -0.2) is 18.3 Å². The highest BCUT2D eigenvalue weighted by atomic mass is 127. The van der Waals surface area contributed by atoms with Gasteiger partial charge in [0.25, 0.3) is 0 Å². The van der Waals surface area contributed by atoms with Crippen molar-refractivity contribution in [1.82, 2.24) is 0 Å². The lowest BCUT2D eigenvalue weighted by Gasteiger charge is -2.26. The monoisotopic (exact) mass is 333 g/mol. The molecule has 1 aromatic rings. The third-order valence-corrected chi connectivity index (χ3v) is 3.80. The minimum atomic E-state index is -0.0323. The highest BCUT2D eigenvalue weighted by Gasteiger charge is 2.20. The summed E-state index contributed by atoms with van der Waals surface area (Å²) in [5, 5.41) is 12.8. The van der Waals surface area contributed by atoms with Gasteiger partial charge in [-0.15, -0.1) is 0 Å². The average Bonchev–Trinajstić information content (AvgIpc) is 2.27. The summed E-state index contributed by atoms with van der Waals surface area (Å²) in [6.45, 7) is 7.34. The predicted molar refractivity (Wildman–Crippen MR) is 77.9 cm³/mol. The van der Waals surface area contributed by atoms with Gasteiger partial charge in [-0.05, 0) is 59.7 Å².